The van der Waals surface area contributed by atoms with Crippen molar-refractivity contribution >= 4 is 23.1 Å². The molecule has 0 aliphatic carbocycles. The van der Waals surface area contributed by atoms with Crippen LogP contribution in [0.3, 0.4) is 0 Å². The van der Waals surface area contributed by atoms with E-state index in [2.05, 4.69) is 10.3 Å². The van der Waals surface area contributed by atoms with Gasteiger partial charge in [-0.05, 0) is 24.7 Å². The Morgan fingerprint density at radius 2 is 2.20 bits per heavy atom. The number of alkyl halides is 3. The van der Waals surface area contributed by atoms with E-state index < -0.39 is 11.7 Å². The van der Waals surface area contributed by atoms with Crippen LogP contribution in [0.15, 0.2) is 40.2 Å². The fourth-order valence-corrected chi connectivity index (χ4v) is 3.52. The average Bonchev–Trinajstić information content (AvgIpc) is 2.92. The van der Waals surface area contributed by atoms with Crippen LogP contribution in [0.5, 0.6) is 0 Å². The molecule has 0 fully saturated rings. The largest absolute Gasteiger partial charge is 0.416 e. The fourth-order valence-electron chi connectivity index (χ4n) is 1.71. The average molecular weight is 318 g/mol. The highest BCUT2D eigenvalue weighted by Crippen LogP contribution is 2.32. The zero-order chi connectivity index (χ0) is 14.6. The maximum atomic E-state index is 12.7. The van der Waals surface area contributed by atoms with E-state index in [0.29, 0.717) is 11.3 Å². The normalized spacial score (nSPS) is 13.4. The Labute approximate surface area is 123 Å². The standard InChI is InChI=1S/C13H13F3N2S2/c1-17-11(8-20-12-18-5-6-19-12)9-3-2-4-10(7-9)13(14,15)16/h2-7,11,17H,8H2,1H3. The molecule has 2 rings (SSSR count). The number of nitrogens with one attached hydrogen (secondary N) is 1. The first-order chi connectivity index (χ1) is 9.50. The first kappa shape index (κ1) is 15.3. The van der Waals surface area contributed by atoms with Gasteiger partial charge in [-0.15, -0.1) is 11.3 Å². The minimum Gasteiger partial charge on any atom is -0.312 e. The molecule has 0 bridgehead atoms. The molecule has 1 heterocycles. The van der Waals surface area contributed by atoms with Crippen LogP contribution in [-0.4, -0.2) is 17.8 Å². The van der Waals surface area contributed by atoms with Gasteiger partial charge in [-0.3, -0.25) is 0 Å². The zero-order valence-electron chi connectivity index (χ0n) is 10.6. The van der Waals surface area contributed by atoms with Gasteiger partial charge in [-0.25, -0.2) is 4.98 Å². The highest BCUT2D eigenvalue weighted by Gasteiger charge is 2.30. The lowest BCUT2D eigenvalue weighted by Gasteiger charge is -2.17. The van der Waals surface area contributed by atoms with E-state index in [0.717, 1.165) is 10.4 Å². The lowest BCUT2D eigenvalue weighted by Crippen LogP contribution is -2.19. The molecule has 20 heavy (non-hydrogen) atoms. The summed E-state index contributed by atoms with van der Waals surface area (Å²) >= 11 is 3.05. The summed E-state index contributed by atoms with van der Waals surface area (Å²) in [7, 11) is 1.74. The molecule has 2 nitrogen and oxygen atoms in total. The lowest BCUT2D eigenvalue weighted by molar-refractivity contribution is -0.137. The van der Waals surface area contributed by atoms with E-state index in [-0.39, 0.29) is 6.04 Å². The van der Waals surface area contributed by atoms with Crippen molar-refractivity contribution in [2.24, 2.45) is 0 Å². The minimum absolute atomic E-state index is 0.147. The van der Waals surface area contributed by atoms with Gasteiger partial charge in [0, 0.05) is 23.4 Å². The molecule has 0 saturated heterocycles. The molecule has 0 saturated carbocycles. The van der Waals surface area contributed by atoms with Crippen LogP contribution < -0.4 is 5.32 Å². The Morgan fingerprint density at radius 3 is 2.80 bits per heavy atom. The van der Waals surface area contributed by atoms with E-state index >= 15 is 0 Å². The van der Waals surface area contributed by atoms with Gasteiger partial charge in [0.1, 0.15) is 4.34 Å². The molecule has 0 aliphatic heterocycles. The van der Waals surface area contributed by atoms with E-state index in [1.54, 1.807) is 19.3 Å². The number of nitrogens with zero attached hydrogens (tertiary/aromatic N) is 1. The number of hydrogen-bond acceptors (Lipinski definition) is 4. The van der Waals surface area contributed by atoms with Gasteiger partial charge in [0.25, 0.3) is 0 Å². The lowest BCUT2D eigenvalue weighted by atomic mass is 10.1. The Bertz CT molecular complexity index is 541. The first-order valence-corrected chi connectivity index (χ1v) is 7.74. The van der Waals surface area contributed by atoms with Crippen molar-refractivity contribution in [3.05, 3.63) is 47.0 Å². The molecule has 0 aliphatic rings. The van der Waals surface area contributed by atoms with Crippen LogP contribution in [0.25, 0.3) is 0 Å². The molecular weight excluding hydrogens is 305 g/mol. The molecule has 1 N–H and O–H groups in total. The Morgan fingerprint density at radius 1 is 1.40 bits per heavy atom. The monoisotopic (exact) mass is 318 g/mol. The first-order valence-electron chi connectivity index (χ1n) is 5.87. The number of halogens is 3. The molecule has 7 heteroatoms. The molecule has 1 aromatic carbocycles. The van der Waals surface area contributed by atoms with Crippen molar-refractivity contribution in [1.29, 1.82) is 0 Å². The van der Waals surface area contributed by atoms with Crippen LogP contribution in [-0.2, 0) is 6.18 Å². The second-order valence-electron chi connectivity index (χ2n) is 4.07. The summed E-state index contributed by atoms with van der Waals surface area (Å²) in [5.41, 5.74) is 0.0147. The van der Waals surface area contributed by atoms with Crippen molar-refractivity contribution in [2.45, 2.75) is 16.6 Å². The number of benzene rings is 1. The summed E-state index contributed by atoms with van der Waals surface area (Å²) in [6.45, 7) is 0. The summed E-state index contributed by atoms with van der Waals surface area (Å²) in [4.78, 5) is 4.15. The third-order valence-corrected chi connectivity index (χ3v) is 4.81. The second kappa shape index (κ2) is 6.60. The highest BCUT2D eigenvalue weighted by atomic mass is 32.2. The number of rotatable bonds is 5. The molecule has 1 atom stereocenters. The molecular formula is C13H13F3N2S2. The summed E-state index contributed by atoms with van der Waals surface area (Å²) in [6, 6.07) is 5.29. The van der Waals surface area contributed by atoms with Crippen LogP contribution >= 0.6 is 23.1 Å². The van der Waals surface area contributed by atoms with Gasteiger partial charge in [-0.1, -0.05) is 23.9 Å². The quantitative estimate of drug-likeness (QED) is 0.836. The maximum Gasteiger partial charge on any atom is 0.416 e. The molecule has 1 unspecified atom stereocenters. The van der Waals surface area contributed by atoms with Gasteiger partial charge in [0.15, 0.2) is 0 Å². The molecule has 0 spiro atoms. The molecule has 1 aromatic heterocycles. The summed E-state index contributed by atoms with van der Waals surface area (Å²) in [5, 5.41) is 4.92. The van der Waals surface area contributed by atoms with Crippen LogP contribution in [0.1, 0.15) is 17.2 Å². The number of aromatic nitrogens is 1. The van der Waals surface area contributed by atoms with Gasteiger partial charge >= 0.3 is 6.18 Å². The Hall–Kier alpha value is -1.05. The summed E-state index contributed by atoms with van der Waals surface area (Å²) in [6.07, 6.45) is -2.59. The molecule has 108 valence electrons. The van der Waals surface area contributed by atoms with Gasteiger partial charge in [0.05, 0.1) is 5.56 Å². The third kappa shape index (κ3) is 3.97. The van der Waals surface area contributed by atoms with Crippen molar-refractivity contribution in [1.82, 2.24) is 10.3 Å². The van der Waals surface area contributed by atoms with Crippen LogP contribution in [0.2, 0.25) is 0 Å². The van der Waals surface area contributed by atoms with E-state index in [9.17, 15) is 13.2 Å². The third-order valence-electron chi connectivity index (χ3n) is 2.75. The van der Waals surface area contributed by atoms with Crippen molar-refractivity contribution in [2.75, 3.05) is 12.8 Å². The number of thiazole rings is 1. The maximum absolute atomic E-state index is 12.7. The van der Waals surface area contributed by atoms with Crippen molar-refractivity contribution in [3.63, 3.8) is 0 Å². The fraction of sp³-hybridized carbons (Fsp3) is 0.308. The minimum atomic E-state index is -4.31. The van der Waals surface area contributed by atoms with Crippen LogP contribution in [0, 0.1) is 0 Å². The number of thioether (sulfide) groups is 1. The Balaban J connectivity index is 2.11. The van der Waals surface area contributed by atoms with Gasteiger partial charge in [0.2, 0.25) is 0 Å². The Kier molecular flexibility index (Phi) is 5.06. The highest BCUT2D eigenvalue weighted by molar-refractivity contribution is 8.01. The van der Waals surface area contributed by atoms with Gasteiger partial charge < -0.3 is 5.32 Å². The van der Waals surface area contributed by atoms with E-state index in [1.807, 2.05) is 5.38 Å². The van der Waals surface area contributed by atoms with Crippen molar-refractivity contribution in [3.8, 4) is 0 Å². The zero-order valence-corrected chi connectivity index (χ0v) is 12.3. The molecule has 0 radical (unpaired) electrons. The SMILES string of the molecule is CNC(CSc1nccs1)c1cccc(C(F)(F)F)c1. The smallest absolute Gasteiger partial charge is 0.312 e. The van der Waals surface area contributed by atoms with Crippen LogP contribution in [0.4, 0.5) is 13.2 Å². The van der Waals surface area contributed by atoms with Gasteiger partial charge in [-0.2, -0.15) is 13.2 Å². The molecule has 2 aromatic rings. The predicted molar refractivity (Wildman–Crippen MR) is 76.1 cm³/mol. The second-order valence-corrected chi connectivity index (χ2v) is 6.24. The van der Waals surface area contributed by atoms with E-state index in [1.165, 1.54) is 35.2 Å². The topological polar surface area (TPSA) is 24.9 Å². The number of hydrogen-bond donors (Lipinski definition) is 1. The summed E-state index contributed by atoms with van der Waals surface area (Å²) in [5.74, 6) is 0.630. The van der Waals surface area contributed by atoms with E-state index in [4.69, 9.17) is 0 Å². The predicted octanol–water partition coefficient (Wildman–Crippen LogP) is 4.21. The molecule has 0 amide bonds. The summed E-state index contributed by atoms with van der Waals surface area (Å²) < 4.78 is 39.0. The van der Waals surface area contributed by atoms with Crippen molar-refractivity contribution < 1.29 is 13.2 Å².